The van der Waals surface area contributed by atoms with Gasteiger partial charge in [-0.2, -0.15) is 0 Å². The Morgan fingerprint density at radius 2 is 1.96 bits per heavy atom. The van der Waals surface area contributed by atoms with Gasteiger partial charge in [-0.05, 0) is 54.3 Å². The maximum atomic E-state index is 12.5. The summed E-state index contributed by atoms with van der Waals surface area (Å²) in [5.74, 6) is 2.48. The molecular weight excluding hydrogens is 352 g/mol. The van der Waals surface area contributed by atoms with Gasteiger partial charge in [0.2, 0.25) is 5.78 Å². The van der Waals surface area contributed by atoms with Crippen LogP contribution >= 0.6 is 11.6 Å². The van der Waals surface area contributed by atoms with E-state index in [0.717, 1.165) is 12.0 Å². The molecule has 1 aliphatic rings. The fraction of sp³-hybridized carbons (Fsp3) is 0.286. The molecule has 0 aromatic heterocycles. The normalized spacial score (nSPS) is 14.5. The molecule has 0 aliphatic carbocycles. The highest BCUT2D eigenvalue weighted by molar-refractivity contribution is 6.31. The van der Waals surface area contributed by atoms with E-state index in [1.54, 1.807) is 31.4 Å². The van der Waals surface area contributed by atoms with Gasteiger partial charge in [-0.1, -0.05) is 31.5 Å². The molecule has 0 N–H and O–H groups in total. The van der Waals surface area contributed by atoms with Gasteiger partial charge in [0.15, 0.2) is 17.3 Å². The molecule has 0 bridgehead atoms. The van der Waals surface area contributed by atoms with E-state index in [1.165, 1.54) is 0 Å². The van der Waals surface area contributed by atoms with Crippen LogP contribution in [0.1, 0.15) is 36.2 Å². The first-order valence-electron chi connectivity index (χ1n) is 8.52. The molecule has 0 fully saturated rings. The zero-order valence-electron chi connectivity index (χ0n) is 15.0. The standard InChI is InChI=1S/C21H21ClO4/c1-13(2)8-9-25-18-6-4-14(10-19(18)24-3)11-20-21(23)16-12-15(22)5-7-17(16)26-20/h4-7,10-13H,8-9H2,1-3H3/b20-11-. The molecule has 26 heavy (non-hydrogen) atoms. The molecule has 0 atom stereocenters. The van der Waals surface area contributed by atoms with Gasteiger partial charge in [-0.15, -0.1) is 0 Å². The molecule has 0 radical (unpaired) electrons. The van der Waals surface area contributed by atoms with Crippen LogP contribution in [0, 0.1) is 5.92 Å². The van der Waals surface area contributed by atoms with Gasteiger partial charge in [0.05, 0.1) is 19.3 Å². The minimum atomic E-state index is -0.182. The number of hydrogen-bond acceptors (Lipinski definition) is 4. The zero-order valence-corrected chi connectivity index (χ0v) is 15.8. The Labute approximate surface area is 158 Å². The number of hydrogen-bond donors (Lipinski definition) is 0. The summed E-state index contributed by atoms with van der Waals surface area (Å²) in [5.41, 5.74) is 1.27. The molecular formula is C21H21ClO4. The van der Waals surface area contributed by atoms with Crippen LogP contribution in [0.5, 0.6) is 17.2 Å². The number of rotatable bonds is 6. The van der Waals surface area contributed by atoms with E-state index in [2.05, 4.69) is 13.8 Å². The van der Waals surface area contributed by atoms with Crippen LogP contribution in [0.4, 0.5) is 0 Å². The molecule has 5 heteroatoms. The number of ether oxygens (including phenoxy) is 3. The minimum Gasteiger partial charge on any atom is -0.493 e. The summed E-state index contributed by atoms with van der Waals surface area (Å²) in [6.07, 6.45) is 2.66. The van der Waals surface area contributed by atoms with Gasteiger partial charge >= 0.3 is 0 Å². The largest absolute Gasteiger partial charge is 0.493 e. The average molecular weight is 373 g/mol. The maximum Gasteiger partial charge on any atom is 0.232 e. The second kappa shape index (κ2) is 7.83. The van der Waals surface area contributed by atoms with Crippen LogP contribution in [0.25, 0.3) is 6.08 Å². The van der Waals surface area contributed by atoms with Gasteiger partial charge in [-0.25, -0.2) is 0 Å². The SMILES string of the molecule is COc1cc(/C=C2\Oc3ccc(Cl)cc3C2=O)ccc1OCCC(C)C. The molecule has 3 rings (SSSR count). The van der Waals surface area contributed by atoms with E-state index >= 15 is 0 Å². The third kappa shape index (κ3) is 4.02. The van der Waals surface area contributed by atoms with Crippen molar-refractivity contribution in [3.8, 4) is 17.2 Å². The van der Waals surface area contributed by atoms with E-state index < -0.39 is 0 Å². The number of carbonyl (C=O) groups excluding carboxylic acids is 1. The number of Topliss-reactive ketones (excluding diaryl/α,β-unsaturated/α-hetero) is 1. The van der Waals surface area contributed by atoms with Crippen molar-refractivity contribution >= 4 is 23.5 Å². The van der Waals surface area contributed by atoms with Crippen LogP contribution < -0.4 is 14.2 Å². The van der Waals surface area contributed by atoms with Crippen molar-refractivity contribution in [2.45, 2.75) is 20.3 Å². The Balaban J connectivity index is 1.80. The van der Waals surface area contributed by atoms with E-state index in [-0.39, 0.29) is 11.5 Å². The highest BCUT2D eigenvalue weighted by Gasteiger charge is 2.27. The predicted molar refractivity (Wildman–Crippen MR) is 102 cm³/mol. The quantitative estimate of drug-likeness (QED) is 0.638. The lowest BCUT2D eigenvalue weighted by molar-refractivity contribution is 0.101. The first-order chi connectivity index (χ1) is 12.5. The number of ketones is 1. The third-order valence-electron chi connectivity index (χ3n) is 4.07. The molecule has 1 aliphatic heterocycles. The molecule has 0 saturated carbocycles. The van der Waals surface area contributed by atoms with Crippen molar-refractivity contribution in [3.63, 3.8) is 0 Å². The van der Waals surface area contributed by atoms with Crippen LogP contribution in [0.2, 0.25) is 5.02 Å². The Morgan fingerprint density at radius 3 is 2.69 bits per heavy atom. The average Bonchev–Trinajstić information content (AvgIpc) is 2.91. The summed E-state index contributed by atoms with van der Waals surface area (Å²) in [6, 6.07) is 10.5. The fourth-order valence-corrected chi connectivity index (χ4v) is 2.78. The Kier molecular flexibility index (Phi) is 5.52. The van der Waals surface area contributed by atoms with Crippen molar-refractivity contribution in [1.82, 2.24) is 0 Å². The topological polar surface area (TPSA) is 44.8 Å². The van der Waals surface area contributed by atoms with Crippen LogP contribution in [-0.4, -0.2) is 19.5 Å². The number of benzene rings is 2. The lowest BCUT2D eigenvalue weighted by atomic mass is 10.1. The summed E-state index contributed by atoms with van der Waals surface area (Å²) in [6.45, 7) is 4.94. The second-order valence-corrected chi connectivity index (χ2v) is 6.96. The van der Waals surface area contributed by atoms with Crippen LogP contribution in [0.3, 0.4) is 0 Å². The fourth-order valence-electron chi connectivity index (χ4n) is 2.61. The summed E-state index contributed by atoms with van der Waals surface area (Å²) in [4.78, 5) is 12.5. The lowest BCUT2D eigenvalue weighted by Crippen LogP contribution is -2.03. The monoisotopic (exact) mass is 372 g/mol. The molecule has 2 aromatic carbocycles. The number of allylic oxidation sites excluding steroid dienone is 1. The minimum absolute atomic E-state index is 0.182. The summed E-state index contributed by atoms with van der Waals surface area (Å²) >= 11 is 5.96. The van der Waals surface area contributed by atoms with E-state index in [1.807, 2.05) is 18.2 Å². The predicted octanol–water partition coefficient (Wildman–Crippen LogP) is 5.39. The zero-order chi connectivity index (χ0) is 18.7. The number of halogens is 1. The maximum absolute atomic E-state index is 12.5. The van der Waals surface area contributed by atoms with Crippen molar-refractivity contribution in [2.24, 2.45) is 5.92 Å². The molecule has 0 saturated heterocycles. The lowest BCUT2D eigenvalue weighted by Gasteiger charge is -2.12. The van der Waals surface area contributed by atoms with E-state index in [0.29, 0.717) is 40.4 Å². The summed E-state index contributed by atoms with van der Waals surface area (Å²) < 4.78 is 16.9. The van der Waals surface area contributed by atoms with Crippen molar-refractivity contribution < 1.29 is 19.0 Å². The molecule has 136 valence electrons. The highest BCUT2D eigenvalue weighted by atomic mass is 35.5. The molecule has 0 spiro atoms. The Bertz CT molecular complexity index is 855. The van der Waals surface area contributed by atoms with Crippen LogP contribution in [-0.2, 0) is 0 Å². The Morgan fingerprint density at radius 1 is 1.15 bits per heavy atom. The summed E-state index contributed by atoms with van der Waals surface area (Å²) in [5, 5.41) is 0.506. The van der Waals surface area contributed by atoms with Crippen LogP contribution in [0.15, 0.2) is 42.2 Å². The Hall–Kier alpha value is -2.46. The van der Waals surface area contributed by atoms with Gasteiger partial charge in [0.1, 0.15) is 5.75 Å². The number of fused-ring (bicyclic) bond motifs is 1. The van der Waals surface area contributed by atoms with Gasteiger partial charge in [0, 0.05) is 5.02 Å². The number of carbonyl (C=O) groups is 1. The van der Waals surface area contributed by atoms with Gasteiger partial charge < -0.3 is 14.2 Å². The molecule has 4 nitrogen and oxygen atoms in total. The number of methoxy groups -OCH3 is 1. The molecule has 0 amide bonds. The second-order valence-electron chi connectivity index (χ2n) is 6.52. The highest BCUT2D eigenvalue weighted by Crippen LogP contribution is 2.35. The first kappa shape index (κ1) is 18.3. The van der Waals surface area contributed by atoms with E-state index in [9.17, 15) is 4.79 Å². The van der Waals surface area contributed by atoms with E-state index in [4.69, 9.17) is 25.8 Å². The van der Waals surface area contributed by atoms with Crippen molar-refractivity contribution in [2.75, 3.05) is 13.7 Å². The van der Waals surface area contributed by atoms with Gasteiger partial charge in [-0.3, -0.25) is 4.79 Å². The van der Waals surface area contributed by atoms with Crippen molar-refractivity contribution in [1.29, 1.82) is 0 Å². The smallest absolute Gasteiger partial charge is 0.232 e. The summed E-state index contributed by atoms with van der Waals surface area (Å²) in [7, 11) is 1.59. The first-order valence-corrected chi connectivity index (χ1v) is 8.90. The molecule has 1 heterocycles. The molecule has 0 unspecified atom stereocenters. The van der Waals surface area contributed by atoms with Crippen molar-refractivity contribution in [3.05, 3.63) is 58.3 Å². The van der Waals surface area contributed by atoms with Gasteiger partial charge in [0.25, 0.3) is 0 Å². The molecule has 2 aromatic rings. The third-order valence-corrected chi connectivity index (χ3v) is 4.30.